The Bertz CT molecular complexity index is 816. The van der Waals surface area contributed by atoms with E-state index in [4.69, 9.17) is 4.74 Å². The molecule has 4 rings (SSSR count). The predicted octanol–water partition coefficient (Wildman–Crippen LogP) is 1.54. The monoisotopic (exact) mass is 325 g/mol. The summed E-state index contributed by atoms with van der Waals surface area (Å²) >= 11 is 0. The molecule has 1 unspecified atom stereocenters. The van der Waals surface area contributed by atoms with Crippen LogP contribution in [-0.2, 0) is 31.2 Å². The highest BCUT2D eigenvalue weighted by Gasteiger charge is 2.15. The molecule has 6 nitrogen and oxygen atoms in total. The van der Waals surface area contributed by atoms with E-state index in [9.17, 15) is 0 Å². The molecule has 1 atom stereocenters. The summed E-state index contributed by atoms with van der Waals surface area (Å²) in [4.78, 5) is 0. The van der Waals surface area contributed by atoms with Gasteiger partial charge in [-0.3, -0.25) is 4.68 Å². The van der Waals surface area contributed by atoms with Crippen LogP contribution in [-0.4, -0.2) is 45.4 Å². The van der Waals surface area contributed by atoms with E-state index in [0.717, 1.165) is 44.8 Å². The number of para-hydroxylation sites is 1. The number of benzene rings is 1. The van der Waals surface area contributed by atoms with Crippen LogP contribution in [0.2, 0.25) is 0 Å². The first-order valence-corrected chi connectivity index (χ1v) is 8.52. The molecule has 0 amide bonds. The first-order valence-electron chi connectivity index (χ1n) is 8.52. The Kier molecular flexibility index (Phi) is 4.32. The van der Waals surface area contributed by atoms with E-state index in [0.29, 0.717) is 6.04 Å². The normalized spacial score (nSPS) is 18.3. The smallest absolute Gasteiger partial charge is 0.0843 e. The summed E-state index contributed by atoms with van der Waals surface area (Å²) in [5, 5.41) is 13.4. The van der Waals surface area contributed by atoms with Crippen molar-refractivity contribution in [2.75, 3.05) is 19.8 Å². The van der Waals surface area contributed by atoms with Crippen molar-refractivity contribution in [3.8, 4) is 0 Å². The number of morpholine rings is 1. The zero-order valence-electron chi connectivity index (χ0n) is 14.0. The van der Waals surface area contributed by atoms with Crippen LogP contribution in [0, 0.1) is 0 Å². The predicted molar refractivity (Wildman–Crippen MR) is 93.0 cm³/mol. The molecule has 1 aliphatic rings. The van der Waals surface area contributed by atoms with E-state index in [2.05, 4.69) is 63.9 Å². The molecule has 0 radical (unpaired) electrons. The van der Waals surface area contributed by atoms with Crippen LogP contribution in [0.4, 0.5) is 0 Å². The molecular weight excluding hydrogens is 302 g/mol. The number of hydrogen-bond donors (Lipinski definition) is 1. The number of ether oxygens (including phenoxy) is 1. The summed E-state index contributed by atoms with van der Waals surface area (Å²) < 4.78 is 9.62. The summed E-state index contributed by atoms with van der Waals surface area (Å²) in [6.45, 7) is 3.31. The van der Waals surface area contributed by atoms with E-state index < -0.39 is 0 Å². The van der Waals surface area contributed by atoms with Crippen molar-refractivity contribution in [1.82, 2.24) is 24.9 Å². The van der Waals surface area contributed by atoms with E-state index in [-0.39, 0.29) is 0 Å². The Labute approximate surface area is 141 Å². The van der Waals surface area contributed by atoms with Crippen molar-refractivity contribution in [2.24, 2.45) is 7.05 Å². The molecule has 1 fully saturated rings. The lowest BCUT2D eigenvalue weighted by Gasteiger charge is -2.22. The van der Waals surface area contributed by atoms with Crippen LogP contribution < -0.4 is 5.32 Å². The van der Waals surface area contributed by atoms with Crippen molar-refractivity contribution >= 4 is 10.9 Å². The molecule has 3 heterocycles. The summed E-state index contributed by atoms with van der Waals surface area (Å²) in [6, 6.07) is 8.87. The lowest BCUT2D eigenvalue weighted by Crippen LogP contribution is -2.42. The molecule has 3 aromatic rings. The molecule has 1 aromatic carbocycles. The number of aryl methyl sites for hydroxylation is 3. The minimum atomic E-state index is 0.349. The molecule has 0 spiro atoms. The number of aromatic nitrogens is 4. The van der Waals surface area contributed by atoms with Gasteiger partial charge < -0.3 is 14.6 Å². The second-order valence-corrected chi connectivity index (χ2v) is 6.44. The largest absolute Gasteiger partial charge is 0.379 e. The van der Waals surface area contributed by atoms with E-state index >= 15 is 0 Å². The summed E-state index contributed by atoms with van der Waals surface area (Å²) in [5.41, 5.74) is 3.65. The van der Waals surface area contributed by atoms with Gasteiger partial charge in [-0.2, -0.15) is 0 Å². The van der Waals surface area contributed by atoms with Gasteiger partial charge in [0.1, 0.15) is 0 Å². The fourth-order valence-corrected chi connectivity index (χ4v) is 3.40. The van der Waals surface area contributed by atoms with Gasteiger partial charge >= 0.3 is 0 Å². The second kappa shape index (κ2) is 6.75. The van der Waals surface area contributed by atoms with Gasteiger partial charge in [0, 0.05) is 55.9 Å². The molecule has 1 saturated heterocycles. The maximum atomic E-state index is 5.49. The third kappa shape index (κ3) is 3.20. The molecule has 1 aliphatic heterocycles. The highest BCUT2D eigenvalue weighted by atomic mass is 16.5. The SMILES string of the molecule is Cn1cc(CCn2cc(CC3COCCN3)nn2)c2ccccc21. The Morgan fingerprint density at radius 3 is 3.08 bits per heavy atom. The van der Waals surface area contributed by atoms with E-state index in [1.807, 2.05) is 4.68 Å². The first-order chi connectivity index (χ1) is 11.8. The van der Waals surface area contributed by atoms with Gasteiger partial charge in [0.25, 0.3) is 0 Å². The van der Waals surface area contributed by atoms with Crippen molar-refractivity contribution < 1.29 is 4.74 Å². The van der Waals surface area contributed by atoms with Crippen LogP contribution in [0.5, 0.6) is 0 Å². The lowest BCUT2D eigenvalue weighted by molar-refractivity contribution is 0.0767. The van der Waals surface area contributed by atoms with Gasteiger partial charge in [0.2, 0.25) is 0 Å². The average molecular weight is 325 g/mol. The average Bonchev–Trinajstić information content (AvgIpc) is 3.19. The number of nitrogens with zero attached hydrogens (tertiary/aromatic N) is 4. The third-order valence-electron chi connectivity index (χ3n) is 4.63. The van der Waals surface area contributed by atoms with Crippen LogP contribution in [0.3, 0.4) is 0 Å². The fourth-order valence-electron chi connectivity index (χ4n) is 3.40. The highest BCUT2D eigenvalue weighted by Crippen LogP contribution is 2.21. The van der Waals surface area contributed by atoms with Crippen molar-refractivity contribution in [2.45, 2.75) is 25.4 Å². The molecule has 0 bridgehead atoms. The Balaban J connectivity index is 1.40. The zero-order chi connectivity index (χ0) is 16.4. The van der Waals surface area contributed by atoms with Gasteiger partial charge in [-0.1, -0.05) is 23.4 Å². The second-order valence-electron chi connectivity index (χ2n) is 6.44. The standard InChI is InChI=1S/C18H23N5O/c1-22-11-14(17-4-2-3-5-18(17)22)6-8-23-12-15(20-21-23)10-16-13-24-9-7-19-16/h2-5,11-12,16,19H,6-10,13H2,1H3. The lowest BCUT2D eigenvalue weighted by atomic mass is 10.1. The van der Waals surface area contributed by atoms with Gasteiger partial charge in [-0.15, -0.1) is 5.10 Å². The molecule has 2 aromatic heterocycles. The Morgan fingerprint density at radius 2 is 2.21 bits per heavy atom. The Morgan fingerprint density at radius 1 is 1.29 bits per heavy atom. The zero-order valence-corrected chi connectivity index (χ0v) is 14.0. The molecule has 126 valence electrons. The molecule has 0 aliphatic carbocycles. The first kappa shape index (κ1) is 15.4. The highest BCUT2D eigenvalue weighted by molar-refractivity contribution is 5.83. The molecule has 1 N–H and O–H groups in total. The van der Waals surface area contributed by atoms with Crippen molar-refractivity contribution in [3.63, 3.8) is 0 Å². The fraction of sp³-hybridized carbons (Fsp3) is 0.444. The number of rotatable bonds is 5. The van der Waals surface area contributed by atoms with E-state index in [1.54, 1.807) is 0 Å². The van der Waals surface area contributed by atoms with Gasteiger partial charge in [-0.25, -0.2) is 0 Å². The molecule has 6 heteroatoms. The van der Waals surface area contributed by atoms with Gasteiger partial charge in [-0.05, 0) is 18.1 Å². The van der Waals surface area contributed by atoms with Gasteiger partial charge in [0.05, 0.1) is 18.9 Å². The summed E-state index contributed by atoms with van der Waals surface area (Å²) in [6.07, 6.45) is 6.09. The van der Waals surface area contributed by atoms with E-state index in [1.165, 1.54) is 16.5 Å². The van der Waals surface area contributed by atoms with Gasteiger partial charge in [0.15, 0.2) is 0 Å². The minimum absolute atomic E-state index is 0.349. The number of fused-ring (bicyclic) bond motifs is 1. The van der Waals surface area contributed by atoms with Crippen LogP contribution in [0.1, 0.15) is 11.3 Å². The minimum Gasteiger partial charge on any atom is -0.379 e. The summed E-state index contributed by atoms with van der Waals surface area (Å²) in [7, 11) is 2.10. The number of hydrogen-bond acceptors (Lipinski definition) is 4. The van der Waals surface area contributed by atoms with Crippen molar-refractivity contribution in [3.05, 3.63) is 47.9 Å². The maximum Gasteiger partial charge on any atom is 0.0843 e. The number of nitrogens with one attached hydrogen (secondary N) is 1. The molecule has 0 saturated carbocycles. The topological polar surface area (TPSA) is 56.9 Å². The maximum absolute atomic E-state index is 5.49. The van der Waals surface area contributed by atoms with Crippen LogP contribution >= 0.6 is 0 Å². The van der Waals surface area contributed by atoms with Crippen molar-refractivity contribution in [1.29, 1.82) is 0 Å². The molecule has 24 heavy (non-hydrogen) atoms. The van der Waals surface area contributed by atoms with Crippen LogP contribution in [0.15, 0.2) is 36.7 Å². The van der Waals surface area contributed by atoms with Crippen LogP contribution in [0.25, 0.3) is 10.9 Å². The Hall–Kier alpha value is -2.18. The molecular formula is C18H23N5O. The summed E-state index contributed by atoms with van der Waals surface area (Å²) in [5.74, 6) is 0. The third-order valence-corrected chi connectivity index (χ3v) is 4.63. The quantitative estimate of drug-likeness (QED) is 0.773.